The molecule has 1 aromatic rings. The van der Waals surface area contributed by atoms with E-state index in [0.29, 0.717) is 0 Å². The quantitative estimate of drug-likeness (QED) is 0.738. The van der Waals surface area contributed by atoms with Gasteiger partial charge in [0, 0.05) is 12.4 Å². The summed E-state index contributed by atoms with van der Waals surface area (Å²) in [6.45, 7) is 8.11. The van der Waals surface area contributed by atoms with E-state index >= 15 is 0 Å². The Morgan fingerprint density at radius 3 is 3.00 bits per heavy atom. The number of likely N-dealkylation sites (tertiary alicyclic amines) is 1. The Morgan fingerprint density at radius 1 is 1.47 bits per heavy atom. The van der Waals surface area contributed by atoms with Gasteiger partial charge >= 0.3 is 0 Å². The Kier molecular flexibility index (Phi) is 5.01. The molecule has 96 valence electrons. The smallest absolute Gasteiger partial charge is 0.120 e. The highest BCUT2D eigenvalue weighted by Crippen LogP contribution is 2.15. The van der Waals surface area contributed by atoms with Crippen LogP contribution < -0.4 is 5.32 Å². The van der Waals surface area contributed by atoms with Crippen LogP contribution in [0.1, 0.15) is 32.0 Å². The van der Waals surface area contributed by atoms with Gasteiger partial charge in [-0.1, -0.05) is 6.92 Å². The highest BCUT2D eigenvalue weighted by atomic mass is 15.1. The summed E-state index contributed by atoms with van der Waals surface area (Å²) in [4.78, 5) is 9.87. The van der Waals surface area contributed by atoms with E-state index in [0.717, 1.165) is 24.8 Å². The van der Waals surface area contributed by atoms with E-state index < -0.39 is 0 Å². The van der Waals surface area contributed by atoms with Crippen molar-refractivity contribution < 1.29 is 0 Å². The fourth-order valence-corrected chi connectivity index (χ4v) is 2.31. The first-order valence-electron chi connectivity index (χ1n) is 6.76. The third kappa shape index (κ3) is 4.48. The van der Waals surface area contributed by atoms with Gasteiger partial charge in [-0.25, -0.2) is 4.98 Å². The lowest BCUT2D eigenvalue weighted by Gasteiger charge is -2.30. The minimum Gasteiger partial charge on any atom is -0.348 e. The zero-order chi connectivity index (χ0) is 11.9. The normalized spacial score (nSPS) is 18.6. The summed E-state index contributed by atoms with van der Waals surface area (Å²) in [5.74, 6) is 1.96. The average molecular weight is 236 g/mol. The summed E-state index contributed by atoms with van der Waals surface area (Å²) < 4.78 is 0. The third-order valence-corrected chi connectivity index (χ3v) is 3.55. The lowest BCUT2D eigenvalue weighted by molar-refractivity contribution is 0.190. The molecule has 1 aliphatic heterocycles. The molecule has 2 N–H and O–H groups in total. The number of hydrogen-bond acceptors (Lipinski definition) is 3. The molecule has 2 rings (SSSR count). The first-order chi connectivity index (χ1) is 8.34. The van der Waals surface area contributed by atoms with Crippen molar-refractivity contribution in [2.75, 3.05) is 26.2 Å². The number of rotatable bonds is 6. The van der Waals surface area contributed by atoms with Crippen LogP contribution in [0.15, 0.2) is 12.4 Å². The van der Waals surface area contributed by atoms with E-state index in [2.05, 4.69) is 27.1 Å². The number of piperidine rings is 1. The Labute approximate surface area is 104 Å². The van der Waals surface area contributed by atoms with Crippen molar-refractivity contribution in [1.82, 2.24) is 20.2 Å². The van der Waals surface area contributed by atoms with Crippen molar-refractivity contribution in [3.05, 3.63) is 18.2 Å². The largest absolute Gasteiger partial charge is 0.348 e. The highest BCUT2D eigenvalue weighted by Gasteiger charge is 2.14. The van der Waals surface area contributed by atoms with Gasteiger partial charge in [-0.2, -0.15) is 0 Å². The molecule has 0 radical (unpaired) electrons. The van der Waals surface area contributed by atoms with E-state index in [-0.39, 0.29) is 0 Å². The Hall–Kier alpha value is -0.870. The first kappa shape index (κ1) is 12.6. The number of nitrogens with zero attached hydrogens (tertiary/aromatic N) is 2. The fraction of sp³-hybridized carbons (Fsp3) is 0.769. The molecule has 4 nitrogen and oxygen atoms in total. The van der Waals surface area contributed by atoms with Crippen LogP contribution in [0.5, 0.6) is 0 Å². The first-order valence-corrected chi connectivity index (χ1v) is 6.76. The summed E-state index contributed by atoms with van der Waals surface area (Å²) in [6.07, 6.45) is 7.65. The molecule has 1 fully saturated rings. The van der Waals surface area contributed by atoms with E-state index in [4.69, 9.17) is 0 Å². The Bertz CT molecular complexity index is 288. The van der Waals surface area contributed by atoms with E-state index in [9.17, 15) is 0 Å². The van der Waals surface area contributed by atoms with Crippen molar-refractivity contribution in [2.45, 2.75) is 32.7 Å². The van der Waals surface area contributed by atoms with Crippen LogP contribution in [0.4, 0.5) is 0 Å². The second kappa shape index (κ2) is 6.77. The lowest BCUT2D eigenvalue weighted by atomic mass is 9.99. The van der Waals surface area contributed by atoms with Crippen molar-refractivity contribution in [1.29, 1.82) is 0 Å². The van der Waals surface area contributed by atoms with Gasteiger partial charge in [0.1, 0.15) is 5.82 Å². The van der Waals surface area contributed by atoms with Crippen LogP contribution in [0.2, 0.25) is 0 Å². The minimum atomic E-state index is 0.851. The molecule has 0 atom stereocenters. The van der Waals surface area contributed by atoms with Gasteiger partial charge in [-0.05, 0) is 51.4 Å². The van der Waals surface area contributed by atoms with Crippen LogP contribution in [0.3, 0.4) is 0 Å². The van der Waals surface area contributed by atoms with E-state index in [1.165, 1.54) is 38.9 Å². The van der Waals surface area contributed by atoms with Crippen LogP contribution in [0.25, 0.3) is 0 Å². The second-order valence-corrected chi connectivity index (χ2v) is 5.09. The molecule has 1 saturated heterocycles. The Balaban J connectivity index is 1.49. The molecule has 0 saturated carbocycles. The number of hydrogen-bond donors (Lipinski definition) is 2. The maximum atomic E-state index is 4.18. The summed E-state index contributed by atoms with van der Waals surface area (Å²) >= 11 is 0. The van der Waals surface area contributed by atoms with Crippen molar-refractivity contribution in [2.24, 2.45) is 5.92 Å². The number of H-pyrrole nitrogens is 1. The number of aromatic nitrogens is 2. The molecular weight excluding hydrogens is 212 g/mol. The molecule has 0 bridgehead atoms. The maximum Gasteiger partial charge on any atom is 0.120 e. The van der Waals surface area contributed by atoms with Crippen molar-refractivity contribution >= 4 is 0 Å². The lowest BCUT2D eigenvalue weighted by Crippen LogP contribution is -2.34. The molecule has 0 spiro atoms. The predicted molar refractivity (Wildman–Crippen MR) is 69.7 cm³/mol. The number of imidazole rings is 1. The van der Waals surface area contributed by atoms with Crippen LogP contribution in [-0.4, -0.2) is 41.0 Å². The fourth-order valence-electron chi connectivity index (χ4n) is 2.31. The molecule has 0 aromatic carbocycles. The van der Waals surface area contributed by atoms with Crippen molar-refractivity contribution in [3.63, 3.8) is 0 Å². The molecular formula is C13H24N4. The van der Waals surface area contributed by atoms with E-state index in [1.54, 1.807) is 6.20 Å². The third-order valence-electron chi connectivity index (χ3n) is 3.55. The summed E-state index contributed by atoms with van der Waals surface area (Å²) in [5, 5.41) is 3.42. The summed E-state index contributed by atoms with van der Waals surface area (Å²) in [6, 6.07) is 0. The molecule has 0 amide bonds. The molecule has 17 heavy (non-hydrogen) atoms. The van der Waals surface area contributed by atoms with Crippen LogP contribution in [-0.2, 0) is 6.54 Å². The average Bonchev–Trinajstić information content (AvgIpc) is 2.84. The highest BCUT2D eigenvalue weighted by molar-refractivity contribution is 4.85. The molecule has 1 aliphatic rings. The number of nitrogens with one attached hydrogen (secondary N) is 2. The molecule has 0 aliphatic carbocycles. The van der Waals surface area contributed by atoms with Gasteiger partial charge in [0.25, 0.3) is 0 Å². The Morgan fingerprint density at radius 2 is 2.29 bits per heavy atom. The predicted octanol–water partition coefficient (Wildman–Crippen LogP) is 1.62. The standard InChI is InChI=1S/C13H24N4/c1-12-3-9-17(10-4-12)8-2-5-14-11-13-15-6-7-16-13/h6-7,12,14H,2-5,8-11H2,1H3,(H,15,16). The van der Waals surface area contributed by atoms with Gasteiger partial charge in [0.15, 0.2) is 0 Å². The monoisotopic (exact) mass is 236 g/mol. The van der Waals surface area contributed by atoms with Gasteiger partial charge in [-0.15, -0.1) is 0 Å². The van der Waals surface area contributed by atoms with Gasteiger partial charge in [-0.3, -0.25) is 0 Å². The summed E-state index contributed by atoms with van der Waals surface area (Å²) in [7, 11) is 0. The van der Waals surface area contributed by atoms with Gasteiger partial charge in [0.05, 0.1) is 6.54 Å². The second-order valence-electron chi connectivity index (χ2n) is 5.09. The summed E-state index contributed by atoms with van der Waals surface area (Å²) in [5.41, 5.74) is 0. The zero-order valence-electron chi connectivity index (χ0n) is 10.8. The number of aromatic amines is 1. The van der Waals surface area contributed by atoms with Crippen LogP contribution >= 0.6 is 0 Å². The van der Waals surface area contributed by atoms with Gasteiger partial charge < -0.3 is 15.2 Å². The molecule has 4 heteroatoms. The zero-order valence-corrected chi connectivity index (χ0v) is 10.8. The molecule has 0 unspecified atom stereocenters. The SMILES string of the molecule is CC1CCN(CCCNCc2ncc[nH]2)CC1. The van der Waals surface area contributed by atoms with Gasteiger partial charge in [0.2, 0.25) is 0 Å². The molecule has 1 aromatic heterocycles. The molecule has 2 heterocycles. The minimum absolute atomic E-state index is 0.851. The van der Waals surface area contributed by atoms with Crippen molar-refractivity contribution in [3.8, 4) is 0 Å². The topological polar surface area (TPSA) is 44.0 Å². The van der Waals surface area contributed by atoms with Crippen LogP contribution in [0, 0.1) is 5.92 Å². The maximum absolute atomic E-state index is 4.18. The van der Waals surface area contributed by atoms with E-state index in [1.807, 2.05) is 6.20 Å².